The maximum Gasteiger partial charge on any atom is 0.459 e. The number of nitrogens with zero attached hydrogens (tertiary/aromatic N) is 3. The molecule has 2 aliphatic heterocycles. The van der Waals surface area contributed by atoms with Crippen LogP contribution in [-0.4, -0.2) is 90.8 Å². The summed E-state index contributed by atoms with van der Waals surface area (Å²) in [6, 6.07) is 5.91. The lowest BCUT2D eigenvalue weighted by molar-refractivity contribution is -0.143. The molecule has 18 nitrogen and oxygen atoms in total. The number of ether oxygens (including phenoxy) is 2. The topological polar surface area (TPSA) is 249 Å². The molecule has 2 aromatic rings. The van der Waals surface area contributed by atoms with Crippen LogP contribution in [0.15, 0.2) is 24.3 Å². The maximum atomic E-state index is 13.7. The second-order valence-corrected chi connectivity index (χ2v) is 14.4. The number of benzene rings is 1. The first-order chi connectivity index (χ1) is 20.6. The zero-order valence-corrected chi connectivity index (χ0v) is 25.9. The molecule has 0 amide bonds. The molecule has 0 radical (unpaired) electrons. The molecule has 5 atom stereocenters. The van der Waals surface area contributed by atoms with E-state index in [1.807, 2.05) is 0 Å². The summed E-state index contributed by atoms with van der Waals surface area (Å²) >= 11 is 5.93. The number of nitrogen functional groups attached to an aromatic ring is 1. The molecule has 21 heteroatoms. The number of hydrogen-bond donors (Lipinski definition) is 7. The quantitative estimate of drug-likeness (QED) is 0.0843. The van der Waals surface area contributed by atoms with Crippen molar-refractivity contribution in [3.8, 4) is 5.75 Å². The van der Waals surface area contributed by atoms with Crippen LogP contribution in [0.3, 0.4) is 0 Å². The number of nitrogens with two attached hydrogens (primary N) is 1. The van der Waals surface area contributed by atoms with Gasteiger partial charge in [-0.25, -0.2) is 18.1 Å². The van der Waals surface area contributed by atoms with Gasteiger partial charge in [-0.05, 0) is 44.0 Å². The summed E-state index contributed by atoms with van der Waals surface area (Å²) < 4.78 is 59.1. The molecule has 5 rings (SSSR count). The molecular formula is C23H32ClN8O10PS. The van der Waals surface area contributed by atoms with Gasteiger partial charge in [0.15, 0.2) is 17.9 Å². The number of nitrogens with one attached hydrogen (secondary N) is 4. The molecule has 0 spiro atoms. The van der Waals surface area contributed by atoms with Crippen molar-refractivity contribution in [2.75, 3.05) is 47.5 Å². The van der Waals surface area contributed by atoms with E-state index < -0.39 is 60.9 Å². The number of aliphatic hydroxyl groups excluding tert-OH is 1. The molecule has 1 aromatic heterocycles. The van der Waals surface area contributed by atoms with Crippen LogP contribution in [0.25, 0.3) is 0 Å². The van der Waals surface area contributed by atoms with Gasteiger partial charge >= 0.3 is 13.7 Å². The van der Waals surface area contributed by atoms with Gasteiger partial charge < -0.3 is 40.2 Å². The Bertz CT molecular complexity index is 1550. The van der Waals surface area contributed by atoms with Gasteiger partial charge in [-0.1, -0.05) is 11.6 Å². The highest BCUT2D eigenvalue weighted by molar-refractivity contribution is 7.88. The molecule has 242 valence electrons. The summed E-state index contributed by atoms with van der Waals surface area (Å²) in [5.41, 5.74) is 6.60. The van der Waals surface area contributed by atoms with Crippen molar-refractivity contribution >= 4 is 58.6 Å². The molecule has 0 bridgehead atoms. The van der Waals surface area contributed by atoms with Gasteiger partial charge in [-0.3, -0.25) is 14.7 Å². The Balaban J connectivity index is 1.31. The molecule has 1 aliphatic carbocycles. The minimum absolute atomic E-state index is 0.00469. The largest absolute Gasteiger partial charge is 0.461 e. The molecule has 2 unspecified atom stereocenters. The van der Waals surface area contributed by atoms with E-state index in [4.69, 9.17) is 35.9 Å². The van der Waals surface area contributed by atoms with Crippen molar-refractivity contribution in [2.45, 2.75) is 49.9 Å². The monoisotopic (exact) mass is 678 g/mol. The third-order valence-corrected chi connectivity index (χ3v) is 8.90. The van der Waals surface area contributed by atoms with Crippen molar-refractivity contribution < 1.29 is 46.5 Å². The van der Waals surface area contributed by atoms with Crippen molar-refractivity contribution in [1.82, 2.24) is 19.9 Å². The number of carbonyl (C=O) groups excluding carboxylic acids is 1. The van der Waals surface area contributed by atoms with Gasteiger partial charge in [0.2, 0.25) is 16.0 Å². The summed E-state index contributed by atoms with van der Waals surface area (Å²) in [7, 11) is -7.93. The zero-order valence-electron chi connectivity index (χ0n) is 23.5. The van der Waals surface area contributed by atoms with Gasteiger partial charge in [-0.15, -0.1) is 4.83 Å². The Hall–Kier alpha value is -3.00. The summed E-state index contributed by atoms with van der Waals surface area (Å²) in [5, 5.41) is 28.2. The third-order valence-electron chi connectivity index (χ3n) is 6.69. The molecule has 3 aliphatic rings. The minimum atomic E-state index is -4.28. The number of rotatable bonds is 13. The van der Waals surface area contributed by atoms with Crippen LogP contribution in [0.1, 0.15) is 19.8 Å². The van der Waals surface area contributed by atoms with Crippen LogP contribution >= 0.6 is 19.3 Å². The van der Waals surface area contributed by atoms with E-state index in [9.17, 15) is 28.0 Å². The summed E-state index contributed by atoms with van der Waals surface area (Å²) in [5.74, 6) is -0.615. The number of aromatic nitrogens is 2. The second kappa shape index (κ2) is 12.4. The number of fused-ring (bicyclic) bond motifs is 1. The van der Waals surface area contributed by atoms with Crippen molar-refractivity contribution in [3.05, 3.63) is 29.3 Å². The van der Waals surface area contributed by atoms with Crippen LogP contribution in [0.5, 0.6) is 5.75 Å². The Morgan fingerprint density at radius 1 is 1.32 bits per heavy atom. The minimum Gasteiger partial charge on any atom is -0.461 e. The van der Waals surface area contributed by atoms with Gasteiger partial charge in [-0.2, -0.15) is 9.97 Å². The molecule has 1 saturated heterocycles. The molecular weight excluding hydrogens is 647 g/mol. The normalized spacial score (nSPS) is 26.0. The van der Waals surface area contributed by atoms with E-state index in [1.54, 1.807) is 0 Å². The Morgan fingerprint density at radius 3 is 2.68 bits per heavy atom. The number of aliphatic hydroxyl groups is 2. The van der Waals surface area contributed by atoms with E-state index in [-0.39, 0.29) is 41.8 Å². The van der Waals surface area contributed by atoms with Gasteiger partial charge in [0.25, 0.3) is 0 Å². The predicted molar refractivity (Wildman–Crippen MR) is 157 cm³/mol. The SMILES string of the molecule is C[C@@]1(O)[C@H](O)C(COP(=O)(NCC(=O)OC2CC2)Oc2ccc(Cl)cc2)O[C@H]1N1CNc2c(NNS(C)(=O)=O)nc(N)nc21. The molecule has 44 heavy (non-hydrogen) atoms. The van der Waals surface area contributed by atoms with Gasteiger partial charge in [0.05, 0.1) is 19.5 Å². The van der Waals surface area contributed by atoms with Crippen LogP contribution in [-0.2, 0) is 33.4 Å². The fourth-order valence-electron chi connectivity index (χ4n) is 4.41. The number of carbonyl (C=O) groups is 1. The first-order valence-electron chi connectivity index (χ1n) is 13.2. The highest BCUT2D eigenvalue weighted by Gasteiger charge is 2.56. The standard InChI is InChI=1S/C23H32ClN8O10PS/c1-23(35)18(34)15(41-21(23)32-11-26-17-19(30-31-44(2,37)38)28-22(25)29-20(17)32)10-39-43(36,27-9-16(33)40-13-7-8-13)42-14-5-3-12(24)4-6-14/h3-6,13,15,18,21,26,31,34-35H,7-11H2,1-2H3,(H,27,36)(H3,25,28,29,30)/t15?,18-,21-,23-,43?/m1/s1. The highest BCUT2D eigenvalue weighted by atomic mass is 35.5. The average molecular weight is 679 g/mol. The van der Waals surface area contributed by atoms with Crippen LogP contribution in [0.2, 0.25) is 5.02 Å². The van der Waals surface area contributed by atoms with E-state index in [0.717, 1.165) is 19.1 Å². The first kappa shape index (κ1) is 32.4. The summed E-state index contributed by atoms with van der Waals surface area (Å²) in [6.45, 7) is 0.280. The molecule has 8 N–H and O–H groups in total. The third kappa shape index (κ3) is 7.61. The number of sulfonamides is 1. The summed E-state index contributed by atoms with van der Waals surface area (Å²) in [4.78, 5) is 23.9. The molecule has 2 fully saturated rings. The van der Waals surface area contributed by atoms with E-state index in [2.05, 4.69) is 30.6 Å². The lowest BCUT2D eigenvalue weighted by Crippen LogP contribution is -2.53. The number of hydrazine groups is 1. The predicted octanol–water partition coefficient (Wildman–Crippen LogP) is 0.113. The van der Waals surface area contributed by atoms with Crippen LogP contribution in [0, 0.1) is 0 Å². The lowest BCUT2D eigenvalue weighted by atomic mass is 9.96. The fraction of sp³-hybridized carbons (Fsp3) is 0.522. The number of esters is 1. The smallest absolute Gasteiger partial charge is 0.459 e. The second-order valence-electron chi connectivity index (χ2n) is 10.5. The summed E-state index contributed by atoms with van der Waals surface area (Å²) in [6.07, 6.45) is -1.78. The fourth-order valence-corrected chi connectivity index (χ4v) is 6.09. The first-order valence-corrected chi connectivity index (χ1v) is 17.1. The van der Waals surface area contributed by atoms with Crippen molar-refractivity contribution in [3.63, 3.8) is 0 Å². The van der Waals surface area contributed by atoms with E-state index in [0.29, 0.717) is 5.02 Å². The highest BCUT2D eigenvalue weighted by Crippen LogP contribution is 2.47. The van der Waals surface area contributed by atoms with Gasteiger partial charge in [0, 0.05) is 5.02 Å². The van der Waals surface area contributed by atoms with E-state index in [1.165, 1.54) is 36.1 Å². The average Bonchev–Trinajstić information content (AvgIpc) is 3.62. The van der Waals surface area contributed by atoms with E-state index >= 15 is 0 Å². The Labute approximate surface area is 257 Å². The molecule has 1 aromatic carbocycles. The Morgan fingerprint density at radius 2 is 2.02 bits per heavy atom. The molecule has 1 saturated carbocycles. The van der Waals surface area contributed by atoms with Crippen LogP contribution in [0.4, 0.5) is 23.3 Å². The van der Waals surface area contributed by atoms with Crippen LogP contribution < -0.4 is 35.8 Å². The van der Waals surface area contributed by atoms with Crippen molar-refractivity contribution in [2.24, 2.45) is 0 Å². The lowest BCUT2D eigenvalue weighted by Gasteiger charge is -2.33. The maximum absolute atomic E-state index is 13.7. The number of halogens is 1. The molecule has 3 heterocycles. The Kier molecular flexibility index (Phi) is 9.14. The number of hydrogen-bond acceptors (Lipinski definition) is 16. The number of anilines is 4. The van der Waals surface area contributed by atoms with Gasteiger partial charge in [0.1, 0.15) is 41.9 Å². The van der Waals surface area contributed by atoms with Crippen molar-refractivity contribution in [1.29, 1.82) is 0 Å². The zero-order chi connectivity index (χ0) is 31.9.